The smallest absolute Gasteiger partial charge is 0.332 e. The van der Waals surface area contributed by atoms with E-state index in [0.29, 0.717) is 5.57 Å². The van der Waals surface area contributed by atoms with Crippen LogP contribution in [-0.4, -0.2) is 37.2 Å². The van der Waals surface area contributed by atoms with E-state index in [0.717, 1.165) is 12.2 Å². The van der Waals surface area contributed by atoms with Crippen LogP contribution < -0.4 is 0 Å². The zero-order valence-corrected chi connectivity index (χ0v) is 14.2. The minimum atomic E-state index is -0.981. The molecule has 0 aliphatic heterocycles. The average Bonchev–Trinajstić information content (AvgIpc) is 2.54. The van der Waals surface area contributed by atoms with E-state index in [1.807, 2.05) is 0 Å². The largest absolute Gasteiger partial charge is 0.478 e. The van der Waals surface area contributed by atoms with Crippen molar-refractivity contribution >= 4 is 30.3 Å². The van der Waals surface area contributed by atoms with Crippen LogP contribution in [0.15, 0.2) is 50.1 Å². The molecule has 7 nitrogen and oxygen atoms in total. The number of ether oxygens (including phenoxy) is 2. The molecule has 0 atom stereocenters. The van der Waals surface area contributed by atoms with Gasteiger partial charge in [0.1, 0.15) is 0 Å². The van der Waals surface area contributed by atoms with Gasteiger partial charge in [-0.1, -0.05) is 26.3 Å². The van der Waals surface area contributed by atoms with Crippen molar-refractivity contribution in [3.8, 4) is 6.07 Å². The second kappa shape index (κ2) is 27.5. The Morgan fingerprint density at radius 1 is 1.09 bits per heavy atom. The van der Waals surface area contributed by atoms with Crippen molar-refractivity contribution in [1.82, 2.24) is 0 Å². The van der Waals surface area contributed by atoms with Crippen molar-refractivity contribution in [1.29, 1.82) is 5.26 Å². The second-order valence-corrected chi connectivity index (χ2v) is 2.87. The third-order valence-corrected chi connectivity index (χ3v) is 1.17. The van der Waals surface area contributed by atoms with Crippen molar-refractivity contribution in [3.05, 3.63) is 50.1 Å². The van der Waals surface area contributed by atoms with E-state index in [2.05, 4.69) is 35.8 Å². The summed E-state index contributed by atoms with van der Waals surface area (Å²) < 4.78 is 8.42. The van der Waals surface area contributed by atoms with Gasteiger partial charge in [-0.25, -0.2) is 14.4 Å². The highest BCUT2D eigenvalue weighted by Gasteiger charge is 1.95. The summed E-state index contributed by atoms with van der Waals surface area (Å²) in [6, 6.07) is 1.69. The van der Waals surface area contributed by atoms with Gasteiger partial charge in [-0.05, 0) is 6.92 Å². The lowest BCUT2D eigenvalue weighted by Crippen LogP contribution is -1.98. The third kappa shape index (κ3) is 54.7. The Morgan fingerprint density at radius 3 is 1.43 bits per heavy atom. The van der Waals surface area contributed by atoms with Crippen molar-refractivity contribution in [2.45, 2.75) is 6.92 Å². The number of aliphatic carboxylic acids is 1. The molecule has 0 aromatic rings. The van der Waals surface area contributed by atoms with Gasteiger partial charge in [0.2, 0.25) is 0 Å². The van der Waals surface area contributed by atoms with Crippen LogP contribution in [0.25, 0.3) is 0 Å². The maximum atomic E-state index is 10.2. The number of carboxylic acids is 1. The zero-order valence-electron chi connectivity index (χ0n) is 13.4. The number of methoxy groups -OCH3 is 2. The molecule has 0 radical (unpaired) electrons. The van der Waals surface area contributed by atoms with Gasteiger partial charge in [-0.15, -0.1) is 12.4 Å². The summed E-state index contributed by atoms with van der Waals surface area (Å²) in [5.74, 6) is -1.72. The van der Waals surface area contributed by atoms with Crippen LogP contribution in [0.2, 0.25) is 0 Å². The highest BCUT2D eigenvalue weighted by atomic mass is 35.5. The minimum absolute atomic E-state index is 0. The molecule has 0 aromatic heterocycles. The Hall–Kier alpha value is -2.85. The number of nitrogens with zero attached hydrogens (tertiary/aromatic N) is 1. The van der Waals surface area contributed by atoms with Gasteiger partial charge in [0.25, 0.3) is 0 Å². The Balaban J connectivity index is -0.0000000630. The van der Waals surface area contributed by atoms with E-state index in [1.54, 1.807) is 13.0 Å². The molecule has 130 valence electrons. The maximum Gasteiger partial charge on any atom is 0.332 e. The number of halogens is 1. The lowest BCUT2D eigenvalue weighted by atomic mass is 10.4. The molecule has 0 unspecified atom stereocenters. The van der Waals surface area contributed by atoms with Crippen molar-refractivity contribution in [3.63, 3.8) is 0 Å². The molecule has 0 saturated carbocycles. The topological polar surface area (TPSA) is 114 Å². The van der Waals surface area contributed by atoms with Crippen LogP contribution >= 0.6 is 12.4 Å². The summed E-state index contributed by atoms with van der Waals surface area (Å²) in [7, 11) is 2.64. The summed E-state index contributed by atoms with van der Waals surface area (Å²) in [5, 5.41) is 15.1. The van der Waals surface area contributed by atoms with E-state index in [4.69, 9.17) is 10.4 Å². The van der Waals surface area contributed by atoms with Crippen molar-refractivity contribution < 1.29 is 29.0 Å². The normalized spacial score (nSPS) is 6.17. The fourth-order valence-corrected chi connectivity index (χ4v) is 0.258. The molecule has 0 bridgehead atoms. The fourth-order valence-electron chi connectivity index (χ4n) is 0.258. The number of nitriles is 1. The van der Waals surface area contributed by atoms with Gasteiger partial charge in [-0.2, -0.15) is 5.26 Å². The molecule has 0 aliphatic carbocycles. The molecule has 8 heteroatoms. The molecular weight excluding hydrogens is 326 g/mol. The Labute approximate surface area is 142 Å². The molecule has 0 spiro atoms. The predicted octanol–water partition coefficient (Wildman–Crippen LogP) is 2.46. The van der Waals surface area contributed by atoms with E-state index in [9.17, 15) is 14.4 Å². The van der Waals surface area contributed by atoms with Crippen molar-refractivity contribution in [2.24, 2.45) is 0 Å². The van der Waals surface area contributed by atoms with Crippen molar-refractivity contribution in [2.75, 3.05) is 14.2 Å². The fraction of sp³-hybridized carbons (Fsp3) is 0.200. The van der Waals surface area contributed by atoms with Crippen LogP contribution in [0.4, 0.5) is 0 Å². The molecule has 23 heavy (non-hydrogen) atoms. The average molecular weight is 348 g/mol. The maximum absolute atomic E-state index is 10.2. The van der Waals surface area contributed by atoms with Crippen LogP contribution in [0.5, 0.6) is 0 Å². The van der Waals surface area contributed by atoms with Crippen LogP contribution in [0, 0.1) is 11.3 Å². The molecule has 0 aliphatic rings. The minimum Gasteiger partial charge on any atom is -0.478 e. The Bertz CT molecular complexity index is 438. The molecule has 1 N–H and O–H groups in total. The molecular formula is C15H22ClNO6. The number of allylic oxidation sites excluding steroid dienone is 1. The van der Waals surface area contributed by atoms with Gasteiger partial charge in [0.05, 0.1) is 20.3 Å². The summed E-state index contributed by atoms with van der Waals surface area (Å²) in [6.07, 6.45) is 3.12. The second-order valence-electron chi connectivity index (χ2n) is 2.87. The number of carbonyl (C=O) groups excluding carboxylic acids is 2. The molecule has 0 fully saturated rings. The predicted molar refractivity (Wildman–Crippen MR) is 89.9 cm³/mol. The van der Waals surface area contributed by atoms with E-state index >= 15 is 0 Å². The van der Waals surface area contributed by atoms with E-state index < -0.39 is 11.9 Å². The number of carboxylic acid groups (broad SMARTS) is 1. The lowest BCUT2D eigenvalue weighted by molar-refractivity contribution is -0.136. The van der Waals surface area contributed by atoms with Crippen LogP contribution in [0.3, 0.4) is 0 Å². The first-order valence-corrected chi connectivity index (χ1v) is 5.48. The van der Waals surface area contributed by atoms with Gasteiger partial charge in [-0.3, -0.25) is 0 Å². The highest BCUT2D eigenvalue weighted by Crippen LogP contribution is 1.87. The van der Waals surface area contributed by atoms with Crippen LogP contribution in [-0.2, 0) is 23.9 Å². The number of rotatable bonds is 3. The lowest BCUT2D eigenvalue weighted by Gasteiger charge is -1.91. The molecule has 0 saturated heterocycles. The first-order valence-electron chi connectivity index (χ1n) is 5.48. The zero-order chi connectivity index (χ0) is 18.6. The number of hydrogen-bond acceptors (Lipinski definition) is 6. The first kappa shape index (κ1) is 32.2. The SMILES string of the molecule is C=C(C)C(=O)OC.C=CC#N.C=CC(=O)O.C=CC(=O)OC.Cl. The van der Waals surface area contributed by atoms with E-state index in [-0.39, 0.29) is 18.4 Å². The summed E-state index contributed by atoms with van der Waals surface area (Å²) >= 11 is 0. The van der Waals surface area contributed by atoms with E-state index in [1.165, 1.54) is 20.3 Å². The molecule has 0 aromatic carbocycles. The standard InChI is InChI=1S/C5H8O2.C4H6O2.C3H3N.C3H4O2.ClH/c1-4(2)5(6)7-3;1-3-4(5)6-2;1-2-3-4;1-2-3(4)5;/h1H2,2-3H3;3H,1H2,2H3;2H,1H2;2H,1H2,(H,4,5);1H. The third-order valence-electron chi connectivity index (χ3n) is 1.17. The monoisotopic (exact) mass is 347 g/mol. The number of esters is 2. The molecule has 0 rings (SSSR count). The van der Waals surface area contributed by atoms with Gasteiger partial charge >= 0.3 is 17.9 Å². The first-order chi connectivity index (χ1) is 10.2. The van der Waals surface area contributed by atoms with Crippen LogP contribution in [0.1, 0.15) is 6.92 Å². The molecule has 0 heterocycles. The number of carbonyl (C=O) groups is 3. The quantitative estimate of drug-likeness (QED) is 0.473. The Morgan fingerprint density at radius 2 is 1.43 bits per heavy atom. The number of hydrogen-bond donors (Lipinski definition) is 1. The highest BCUT2D eigenvalue weighted by molar-refractivity contribution is 5.86. The van der Waals surface area contributed by atoms with Gasteiger partial charge in [0.15, 0.2) is 0 Å². The summed E-state index contributed by atoms with van der Waals surface area (Å²) in [6.45, 7) is 14.2. The van der Waals surface area contributed by atoms with Gasteiger partial charge < -0.3 is 14.6 Å². The molecule has 0 amide bonds. The van der Waals surface area contributed by atoms with Gasteiger partial charge in [0, 0.05) is 23.8 Å². The Kier molecular flexibility index (Phi) is 38.5. The summed E-state index contributed by atoms with van der Waals surface area (Å²) in [4.78, 5) is 29.3. The summed E-state index contributed by atoms with van der Waals surface area (Å²) in [5.41, 5.74) is 0.433.